The molecular formula is C18H22ClN5S. The first kappa shape index (κ1) is 18.1. The number of nitrogens with zero attached hydrogens (tertiary/aromatic N) is 4. The summed E-state index contributed by atoms with van der Waals surface area (Å²) in [5, 5.41) is 4.65. The zero-order chi connectivity index (χ0) is 16.4. The first-order chi connectivity index (χ1) is 11.8. The van der Waals surface area contributed by atoms with Gasteiger partial charge < -0.3 is 9.88 Å². The van der Waals surface area contributed by atoms with Crippen molar-refractivity contribution in [2.45, 2.75) is 12.6 Å². The lowest BCUT2D eigenvalue weighted by molar-refractivity contribution is 0.144. The Hall–Kier alpha value is -1.73. The maximum Gasteiger partial charge on any atom is 0.127 e. The van der Waals surface area contributed by atoms with Crippen molar-refractivity contribution in [3.63, 3.8) is 0 Å². The summed E-state index contributed by atoms with van der Waals surface area (Å²) in [4.78, 5) is 12.9. The predicted octanol–water partition coefficient (Wildman–Crippen LogP) is 3.11. The van der Waals surface area contributed by atoms with Gasteiger partial charge in [-0.2, -0.15) is 0 Å². The van der Waals surface area contributed by atoms with Crippen LogP contribution in [-0.2, 0) is 13.6 Å². The summed E-state index contributed by atoms with van der Waals surface area (Å²) >= 11 is 1.78. The van der Waals surface area contributed by atoms with Crippen LogP contribution in [0, 0.1) is 0 Å². The Morgan fingerprint density at radius 1 is 1.24 bits per heavy atom. The van der Waals surface area contributed by atoms with Crippen LogP contribution in [0.3, 0.4) is 0 Å². The Morgan fingerprint density at radius 3 is 2.84 bits per heavy atom. The fourth-order valence-electron chi connectivity index (χ4n) is 3.18. The molecule has 0 aliphatic carbocycles. The highest BCUT2D eigenvalue weighted by atomic mass is 35.5. The minimum Gasteiger partial charge on any atom is -0.337 e. The van der Waals surface area contributed by atoms with Crippen molar-refractivity contribution in [3.8, 4) is 10.4 Å². The van der Waals surface area contributed by atoms with Crippen molar-refractivity contribution in [3.05, 3.63) is 59.8 Å². The van der Waals surface area contributed by atoms with Gasteiger partial charge >= 0.3 is 0 Å². The van der Waals surface area contributed by atoms with E-state index in [4.69, 9.17) is 0 Å². The molecule has 0 amide bonds. The van der Waals surface area contributed by atoms with Crippen molar-refractivity contribution in [2.24, 2.45) is 7.05 Å². The van der Waals surface area contributed by atoms with Gasteiger partial charge in [0, 0.05) is 45.3 Å². The number of hydrogen-bond acceptors (Lipinski definition) is 5. The van der Waals surface area contributed by atoms with Gasteiger partial charge in [-0.1, -0.05) is 30.3 Å². The van der Waals surface area contributed by atoms with Crippen LogP contribution in [0.4, 0.5) is 0 Å². The molecule has 1 N–H and O–H groups in total. The van der Waals surface area contributed by atoms with E-state index in [-0.39, 0.29) is 12.4 Å². The third-order valence-electron chi connectivity index (χ3n) is 4.46. The number of nitrogens with one attached hydrogen (secondary N) is 1. The van der Waals surface area contributed by atoms with Gasteiger partial charge in [0.05, 0.1) is 17.5 Å². The standard InChI is InChI=1S/C18H21N5S.ClH/c1-22-9-8-20-18(22)15-11-19-7-10-23(15)13-17-21-12-16(24-17)14-5-3-2-4-6-14;/h2-6,8-9,12,15,19H,7,10-11,13H2,1H3;1H. The van der Waals surface area contributed by atoms with E-state index in [0.717, 1.165) is 37.0 Å². The number of thiazole rings is 1. The molecule has 2 aromatic heterocycles. The van der Waals surface area contributed by atoms with E-state index in [0.29, 0.717) is 6.04 Å². The Bertz CT molecular complexity index is 801. The van der Waals surface area contributed by atoms with Gasteiger partial charge in [0.15, 0.2) is 0 Å². The topological polar surface area (TPSA) is 46.0 Å². The van der Waals surface area contributed by atoms with Crippen LogP contribution in [0.15, 0.2) is 48.9 Å². The SMILES string of the molecule is Cl.Cn1ccnc1C1CNCCN1Cc1ncc(-c2ccccc2)s1. The first-order valence-corrected chi connectivity index (χ1v) is 9.05. The van der Waals surface area contributed by atoms with Gasteiger partial charge in [0.25, 0.3) is 0 Å². The molecule has 1 saturated heterocycles. The summed E-state index contributed by atoms with van der Waals surface area (Å²) in [5.74, 6) is 1.11. The first-order valence-electron chi connectivity index (χ1n) is 8.23. The van der Waals surface area contributed by atoms with Crippen LogP contribution in [-0.4, -0.2) is 39.1 Å². The fourth-order valence-corrected chi connectivity index (χ4v) is 4.13. The summed E-state index contributed by atoms with van der Waals surface area (Å²) in [7, 11) is 2.06. The summed E-state index contributed by atoms with van der Waals surface area (Å²) in [5.41, 5.74) is 1.24. The molecule has 1 aliphatic heterocycles. The summed E-state index contributed by atoms with van der Waals surface area (Å²) in [6.07, 6.45) is 5.88. The van der Waals surface area contributed by atoms with Gasteiger partial charge in [-0.25, -0.2) is 9.97 Å². The molecule has 1 fully saturated rings. The normalized spacial score (nSPS) is 18.0. The average molecular weight is 376 g/mol. The van der Waals surface area contributed by atoms with E-state index >= 15 is 0 Å². The van der Waals surface area contributed by atoms with Crippen LogP contribution >= 0.6 is 23.7 Å². The molecule has 3 heterocycles. The number of rotatable bonds is 4. The number of imidazole rings is 1. The zero-order valence-electron chi connectivity index (χ0n) is 14.1. The van der Waals surface area contributed by atoms with E-state index in [9.17, 15) is 0 Å². The van der Waals surface area contributed by atoms with Crippen molar-refractivity contribution in [1.82, 2.24) is 24.8 Å². The molecule has 7 heteroatoms. The van der Waals surface area contributed by atoms with E-state index in [1.807, 2.05) is 24.7 Å². The highest BCUT2D eigenvalue weighted by Crippen LogP contribution is 2.29. The molecule has 0 bridgehead atoms. The van der Waals surface area contributed by atoms with Crippen molar-refractivity contribution >= 4 is 23.7 Å². The molecule has 25 heavy (non-hydrogen) atoms. The molecule has 1 aliphatic rings. The van der Waals surface area contributed by atoms with Crippen LogP contribution in [0.2, 0.25) is 0 Å². The average Bonchev–Trinajstić information content (AvgIpc) is 3.25. The lowest BCUT2D eigenvalue weighted by atomic mass is 10.2. The third-order valence-corrected chi connectivity index (χ3v) is 5.49. The van der Waals surface area contributed by atoms with Gasteiger partial charge in [-0.15, -0.1) is 23.7 Å². The molecule has 4 rings (SSSR count). The van der Waals surface area contributed by atoms with Gasteiger partial charge in [-0.3, -0.25) is 4.90 Å². The summed E-state index contributed by atoms with van der Waals surface area (Å²) in [6.45, 7) is 3.83. The van der Waals surface area contributed by atoms with E-state index in [1.165, 1.54) is 10.4 Å². The van der Waals surface area contributed by atoms with Gasteiger partial charge in [0.1, 0.15) is 10.8 Å². The molecule has 1 unspecified atom stereocenters. The summed E-state index contributed by atoms with van der Waals surface area (Å²) < 4.78 is 2.11. The predicted molar refractivity (Wildman–Crippen MR) is 104 cm³/mol. The van der Waals surface area contributed by atoms with E-state index < -0.39 is 0 Å². The molecule has 0 radical (unpaired) electrons. The van der Waals surface area contributed by atoms with E-state index in [2.05, 4.69) is 56.1 Å². The molecule has 0 spiro atoms. The molecular weight excluding hydrogens is 354 g/mol. The van der Waals surface area contributed by atoms with Crippen molar-refractivity contribution in [2.75, 3.05) is 19.6 Å². The molecule has 1 aromatic carbocycles. The van der Waals surface area contributed by atoms with Gasteiger partial charge in [0.2, 0.25) is 0 Å². The lowest BCUT2D eigenvalue weighted by Crippen LogP contribution is -2.46. The van der Waals surface area contributed by atoms with Crippen LogP contribution in [0.5, 0.6) is 0 Å². The summed E-state index contributed by atoms with van der Waals surface area (Å²) in [6, 6.07) is 10.8. The highest BCUT2D eigenvalue weighted by molar-refractivity contribution is 7.15. The minimum absolute atomic E-state index is 0. The number of hydrogen-bond donors (Lipinski definition) is 1. The quantitative estimate of drug-likeness (QED) is 0.761. The van der Waals surface area contributed by atoms with Crippen LogP contribution in [0.25, 0.3) is 10.4 Å². The van der Waals surface area contributed by atoms with E-state index in [1.54, 1.807) is 11.3 Å². The molecule has 0 saturated carbocycles. The maximum absolute atomic E-state index is 4.65. The Balaban J connectivity index is 0.00000182. The van der Waals surface area contributed by atoms with Crippen molar-refractivity contribution < 1.29 is 0 Å². The third kappa shape index (κ3) is 3.93. The van der Waals surface area contributed by atoms with Crippen LogP contribution < -0.4 is 5.32 Å². The smallest absolute Gasteiger partial charge is 0.127 e. The monoisotopic (exact) mass is 375 g/mol. The lowest BCUT2D eigenvalue weighted by Gasteiger charge is -2.35. The largest absolute Gasteiger partial charge is 0.337 e. The zero-order valence-corrected chi connectivity index (χ0v) is 15.8. The molecule has 5 nitrogen and oxygen atoms in total. The number of piperazine rings is 1. The Labute approximate surface area is 158 Å². The van der Waals surface area contributed by atoms with Gasteiger partial charge in [-0.05, 0) is 5.56 Å². The number of halogens is 1. The van der Waals surface area contributed by atoms with Crippen molar-refractivity contribution in [1.29, 1.82) is 0 Å². The maximum atomic E-state index is 4.65. The number of benzene rings is 1. The second-order valence-corrected chi connectivity index (χ2v) is 7.19. The Morgan fingerprint density at radius 2 is 2.08 bits per heavy atom. The molecule has 3 aromatic rings. The second-order valence-electron chi connectivity index (χ2n) is 6.07. The number of aromatic nitrogens is 3. The fraction of sp³-hybridized carbons (Fsp3) is 0.333. The molecule has 132 valence electrons. The number of aryl methyl sites for hydroxylation is 1. The van der Waals surface area contributed by atoms with Crippen LogP contribution in [0.1, 0.15) is 16.9 Å². The minimum atomic E-state index is 0. The highest BCUT2D eigenvalue weighted by Gasteiger charge is 2.27. The Kier molecular flexibility index (Phi) is 5.86. The second kappa shape index (κ2) is 8.10. The molecule has 1 atom stereocenters.